The van der Waals surface area contributed by atoms with Crippen molar-refractivity contribution in [3.05, 3.63) is 22.7 Å². The number of nitrogen functional groups attached to an aromatic ring is 1. The minimum absolute atomic E-state index is 0.110. The summed E-state index contributed by atoms with van der Waals surface area (Å²) in [5, 5.41) is 0. The normalized spacial score (nSPS) is 13.7. The van der Waals surface area contributed by atoms with Gasteiger partial charge in [-0.1, -0.05) is 29.8 Å². The van der Waals surface area contributed by atoms with Gasteiger partial charge in [-0.15, -0.1) is 0 Å². The molecule has 20 heavy (non-hydrogen) atoms. The summed E-state index contributed by atoms with van der Waals surface area (Å²) in [5.41, 5.74) is 6.00. The average molecular weight is 364 g/mol. The van der Waals surface area contributed by atoms with E-state index in [1.54, 1.807) is 12.1 Å². The Labute approximate surface area is 129 Å². The van der Waals surface area contributed by atoms with Gasteiger partial charge in [0.25, 0.3) is 0 Å². The Kier molecular flexibility index (Phi) is 6.44. The maximum Gasteiger partial charge on any atom is 0.242 e. The van der Waals surface area contributed by atoms with Gasteiger partial charge in [0.2, 0.25) is 10.0 Å². The second kappa shape index (κ2) is 7.40. The number of benzene rings is 1. The topological polar surface area (TPSA) is 75.4 Å². The quantitative estimate of drug-likeness (QED) is 0.726. The molecule has 1 aromatic carbocycles. The summed E-state index contributed by atoms with van der Waals surface area (Å²) in [5.74, 6) is 0. The first-order valence-corrected chi connectivity index (χ1v) is 8.87. The van der Waals surface area contributed by atoms with Crippen molar-refractivity contribution in [2.24, 2.45) is 0 Å². The standard InChI is InChI=1S/C13H22BrN3O2S/c1-4-17(5-2)9-10(3)16-20(18,19)13-8-11(14)6-7-12(13)15/h6-8,10,16H,4-5,9,15H2,1-3H3. The van der Waals surface area contributed by atoms with Crippen LogP contribution in [0.5, 0.6) is 0 Å². The zero-order valence-corrected chi connectivity index (χ0v) is 14.5. The Morgan fingerprint density at radius 2 is 1.95 bits per heavy atom. The molecule has 0 amide bonds. The van der Waals surface area contributed by atoms with Gasteiger partial charge < -0.3 is 10.6 Å². The third-order valence-corrected chi connectivity index (χ3v) is 5.19. The number of nitrogens with two attached hydrogens (primary N) is 1. The highest BCUT2D eigenvalue weighted by Crippen LogP contribution is 2.23. The zero-order valence-electron chi connectivity index (χ0n) is 12.1. The number of sulfonamides is 1. The van der Waals surface area contributed by atoms with E-state index >= 15 is 0 Å². The monoisotopic (exact) mass is 363 g/mol. The van der Waals surface area contributed by atoms with Crippen molar-refractivity contribution < 1.29 is 8.42 Å². The Bertz CT molecular complexity index is 545. The van der Waals surface area contributed by atoms with E-state index in [0.717, 1.165) is 13.1 Å². The van der Waals surface area contributed by atoms with E-state index in [4.69, 9.17) is 5.73 Å². The third kappa shape index (κ3) is 4.73. The summed E-state index contributed by atoms with van der Waals surface area (Å²) in [4.78, 5) is 2.27. The van der Waals surface area contributed by atoms with Gasteiger partial charge in [0, 0.05) is 17.1 Å². The van der Waals surface area contributed by atoms with Crippen LogP contribution in [0.4, 0.5) is 5.69 Å². The van der Waals surface area contributed by atoms with E-state index in [9.17, 15) is 8.42 Å². The molecule has 0 aliphatic rings. The Morgan fingerprint density at radius 1 is 1.35 bits per heavy atom. The van der Waals surface area contributed by atoms with Crippen LogP contribution >= 0.6 is 15.9 Å². The molecule has 114 valence electrons. The van der Waals surface area contributed by atoms with Crippen LogP contribution in [-0.4, -0.2) is 39.0 Å². The summed E-state index contributed by atoms with van der Waals surface area (Å²) in [6.07, 6.45) is 0. The second-order valence-corrected chi connectivity index (χ2v) is 7.29. The predicted octanol–water partition coefficient (Wildman–Crippen LogP) is 2.04. The minimum atomic E-state index is -3.61. The Morgan fingerprint density at radius 3 is 2.50 bits per heavy atom. The van der Waals surface area contributed by atoms with Gasteiger partial charge >= 0.3 is 0 Å². The number of halogens is 1. The number of likely N-dealkylation sites (N-methyl/N-ethyl adjacent to an activating group) is 1. The van der Waals surface area contributed by atoms with Gasteiger partial charge in [0.1, 0.15) is 4.90 Å². The van der Waals surface area contributed by atoms with Crippen molar-refractivity contribution in [1.29, 1.82) is 0 Å². The van der Waals surface area contributed by atoms with Crippen LogP contribution in [0.15, 0.2) is 27.6 Å². The highest BCUT2D eigenvalue weighted by atomic mass is 79.9. The van der Waals surface area contributed by atoms with Crippen LogP contribution in [0.3, 0.4) is 0 Å². The second-order valence-electron chi connectivity index (χ2n) is 4.69. The van der Waals surface area contributed by atoms with Crippen LogP contribution in [-0.2, 0) is 10.0 Å². The average Bonchev–Trinajstić information content (AvgIpc) is 2.38. The van der Waals surface area contributed by atoms with Crippen LogP contribution in [0.1, 0.15) is 20.8 Å². The largest absolute Gasteiger partial charge is 0.398 e. The van der Waals surface area contributed by atoms with E-state index in [2.05, 4.69) is 39.4 Å². The Balaban J connectivity index is 2.87. The van der Waals surface area contributed by atoms with Crippen LogP contribution in [0.25, 0.3) is 0 Å². The van der Waals surface area contributed by atoms with Gasteiger partial charge in [-0.3, -0.25) is 0 Å². The van der Waals surface area contributed by atoms with E-state index in [0.29, 0.717) is 11.0 Å². The van der Waals surface area contributed by atoms with E-state index in [1.165, 1.54) is 6.07 Å². The lowest BCUT2D eigenvalue weighted by atomic mass is 10.3. The van der Waals surface area contributed by atoms with Gasteiger partial charge in [-0.25, -0.2) is 13.1 Å². The fraction of sp³-hybridized carbons (Fsp3) is 0.538. The predicted molar refractivity (Wildman–Crippen MR) is 86.1 cm³/mol. The number of hydrogen-bond donors (Lipinski definition) is 2. The lowest BCUT2D eigenvalue weighted by Crippen LogP contribution is -2.42. The van der Waals surface area contributed by atoms with Crippen molar-refractivity contribution in [1.82, 2.24) is 9.62 Å². The van der Waals surface area contributed by atoms with E-state index in [-0.39, 0.29) is 16.6 Å². The first-order valence-electron chi connectivity index (χ1n) is 6.59. The maximum absolute atomic E-state index is 12.3. The third-order valence-electron chi connectivity index (χ3n) is 3.05. The van der Waals surface area contributed by atoms with Crippen LogP contribution < -0.4 is 10.5 Å². The summed E-state index contributed by atoms with van der Waals surface area (Å²) in [6.45, 7) is 8.40. The molecule has 1 aromatic rings. The van der Waals surface area contributed by atoms with Crippen molar-refractivity contribution in [3.63, 3.8) is 0 Å². The molecule has 0 aliphatic carbocycles. The molecule has 0 heterocycles. The number of hydrogen-bond acceptors (Lipinski definition) is 4. The summed E-state index contributed by atoms with van der Waals surface area (Å²) in [7, 11) is -3.61. The molecule has 3 N–H and O–H groups in total. The smallest absolute Gasteiger partial charge is 0.242 e. The zero-order chi connectivity index (χ0) is 15.3. The maximum atomic E-state index is 12.3. The number of nitrogens with zero attached hydrogens (tertiary/aromatic N) is 1. The SMILES string of the molecule is CCN(CC)CC(C)NS(=O)(=O)c1cc(Br)ccc1N. The highest BCUT2D eigenvalue weighted by Gasteiger charge is 2.21. The van der Waals surface area contributed by atoms with Crippen LogP contribution in [0, 0.1) is 0 Å². The van der Waals surface area contributed by atoms with Gasteiger partial charge in [0.15, 0.2) is 0 Å². The van der Waals surface area contributed by atoms with Crippen LogP contribution in [0.2, 0.25) is 0 Å². The molecule has 0 aliphatic heterocycles. The molecule has 0 bridgehead atoms. The molecule has 0 fully saturated rings. The fourth-order valence-electron chi connectivity index (χ4n) is 1.98. The first kappa shape index (κ1) is 17.4. The van der Waals surface area contributed by atoms with Crippen molar-refractivity contribution >= 4 is 31.6 Å². The van der Waals surface area contributed by atoms with Crippen molar-refractivity contribution in [2.45, 2.75) is 31.7 Å². The van der Waals surface area contributed by atoms with E-state index in [1.807, 2.05) is 6.92 Å². The number of rotatable bonds is 7. The number of nitrogens with one attached hydrogen (secondary N) is 1. The molecular weight excluding hydrogens is 342 g/mol. The van der Waals surface area contributed by atoms with Gasteiger partial charge in [-0.05, 0) is 38.2 Å². The molecular formula is C13H22BrN3O2S. The molecule has 1 atom stereocenters. The lowest BCUT2D eigenvalue weighted by Gasteiger charge is -2.23. The van der Waals surface area contributed by atoms with Crippen molar-refractivity contribution in [2.75, 3.05) is 25.4 Å². The highest BCUT2D eigenvalue weighted by molar-refractivity contribution is 9.10. The van der Waals surface area contributed by atoms with Gasteiger partial charge in [-0.2, -0.15) is 0 Å². The Hall–Kier alpha value is -0.630. The summed E-state index contributed by atoms with van der Waals surface area (Å²) in [6, 6.07) is 4.63. The molecule has 0 saturated carbocycles. The van der Waals surface area contributed by atoms with Crippen molar-refractivity contribution in [3.8, 4) is 0 Å². The molecule has 7 heteroatoms. The van der Waals surface area contributed by atoms with E-state index < -0.39 is 10.0 Å². The summed E-state index contributed by atoms with van der Waals surface area (Å²) >= 11 is 3.26. The number of anilines is 1. The van der Waals surface area contributed by atoms with Gasteiger partial charge in [0.05, 0.1) is 5.69 Å². The molecule has 1 rings (SSSR count). The molecule has 1 unspecified atom stereocenters. The summed E-state index contributed by atoms with van der Waals surface area (Å²) < 4.78 is 28.0. The molecule has 0 spiro atoms. The fourth-order valence-corrected chi connectivity index (χ4v) is 3.88. The first-order chi connectivity index (χ1) is 9.30. The lowest BCUT2D eigenvalue weighted by molar-refractivity contribution is 0.282. The molecule has 0 radical (unpaired) electrons. The molecule has 0 saturated heterocycles. The molecule has 0 aromatic heterocycles. The minimum Gasteiger partial charge on any atom is -0.398 e. The molecule has 5 nitrogen and oxygen atoms in total.